The van der Waals surface area contributed by atoms with E-state index in [0.29, 0.717) is 67.1 Å². The van der Waals surface area contributed by atoms with E-state index >= 15 is 0 Å². The van der Waals surface area contributed by atoms with Crippen LogP contribution in [-0.2, 0) is 104 Å². The molecule has 1 fully saturated rings. The third-order valence-corrected chi connectivity index (χ3v) is 16.7. The van der Waals surface area contributed by atoms with Crippen LogP contribution in [0.1, 0.15) is 157 Å². The van der Waals surface area contributed by atoms with Crippen molar-refractivity contribution >= 4 is 94.3 Å². The van der Waals surface area contributed by atoms with Gasteiger partial charge in [-0.05, 0) is 159 Å². The predicted octanol–water partition coefficient (Wildman–Crippen LogP) is 13.8. The molecule has 107 heavy (non-hydrogen) atoms. The normalized spacial score (nSPS) is 12.9. The smallest absolute Gasteiger partial charge is 0.328 e. The summed E-state index contributed by atoms with van der Waals surface area (Å²) in [5, 5.41) is 14.8. The van der Waals surface area contributed by atoms with Gasteiger partial charge in [0.15, 0.2) is 0 Å². The van der Waals surface area contributed by atoms with Gasteiger partial charge in [0.25, 0.3) is 0 Å². The van der Waals surface area contributed by atoms with E-state index in [-0.39, 0.29) is 110 Å². The van der Waals surface area contributed by atoms with Crippen molar-refractivity contribution in [2.45, 2.75) is 191 Å². The molecule has 20 nitrogen and oxygen atoms in total. The highest BCUT2D eigenvalue weighted by atomic mass is 35.5. The number of hydrogen-bond acceptors (Lipinski definition) is 16. The van der Waals surface area contributed by atoms with E-state index in [1.54, 1.807) is 68.1 Å². The Balaban J connectivity index is 0.000000454. The third kappa shape index (κ3) is 46.3. The monoisotopic (exact) mass is 1540 g/mol. The van der Waals surface area contributed by atoms with Crippen molar-refractivity contribution in [1.29, 1.82) is 0 Å². The van der Waals surface area contributed by atoms with Gasteiger partial charge in [0.05, 0.1) is 58.5 Å². The molecule has 5 amide bonds. The van der Waals surface area contributed by atoms with E-state index in [4.69, 9.17) is 46.9 Å². The maximum absolute atomic E-state index is 12.2. The number of ether oxygens (including phenoxy) is 5. The largest absolute Gasteiger partial charge is 0.464 e. The summed E-state index contributed by atoms with van der Waals surface area (Å²) in [5.41, 5.74) is 5.47. The number of hydrogen-bond donors (Lipinski definition) is 5. The van der Waals surface area contributed by atoms with Crippen molar-refractivity contribution in [3.05, 3.63) is 189 Å². The van der Waals surface area contributed by atoms with Gasteiger partial charge in [-0.15, -0.1) is 0 Å². The molecule has 0 saturated heterocycles. The fourth-order valence-electron chi connectivity index (χ4n) is 9.25. The van der Waals surface area contributed by atoms with E-state index in [1.807, 2.05) is 186 Å². The van der Waals surface area contributed by atoms with Gasteiger partial charge in [-0.25, -0.2) is 24.0 Å². The van der Waals surface area contributed by atoms with Crippen LogP contribution in [0, 0.1) is 35.5 Å². The molecule has 1 aliphatic rings. The minimum absolute atomic E-state index is 0.0100. The summed E-state index contributed by atoms with van der Waals surface area (Å²) >= 11 is 13.4. The third-order valence-electron chi connectivity index (χ3n) is 15.6. The maximum Gasteiger partial charge on any atom is 0.328 e. The highest BCUT2D eigenvalue weighted by Gasteiger charge is 2.29. The number of nitrogens with one attached hydrogen (secondary N) is 5. The van der Waals surface area contributed by atoms with Crippen LogP contribution in [0.25, 0.3) is 0 Å². The van der Waals surface area contributed by atoms with Crippen LogP contribution >= 0.6 is 35.0 Å². The second-order valence-electron chi connectivity index (χ2n) is 28.3. The topological polar surface area (TPSA) is 277 Å². The quantitative estimate of drug-likeness (QED) is 0.0140. The van der Waals surface area contributed by atoms with Crippen molar-refractivity contribution in [3.8, 4) is 0 Å². The number of rotatable bonds is 37. The lowest BCUT2D eigenvalue weighted by atomic mass is 10.0. The average Bonchev–Trinajstić information content (AvgIpc) is 1.74. The van der Waals surface area contributed by atoms with Crippen molar-refractivity contribution in [3.63, 3.8) is 0 Å². The van der Waals surface area contributed by atoms with Crippen LogP contribution in [0.4, 0.5) is 0 Å². The summed E-state index contributed by atoms with van der Waals surface area (Å²) in [6.07, 6.45) is 9.33. The zero-order chi connectivity index (χ0) is 79.8. The first kappa shape index (κ1) is 94.6. The Morgan fingerprint density at radius 1 is 0.449 bits per heavy atom. The van der Waals surface area contributed by atoms with Gasteiger partial charge in [-0.2, -0.15) is 11.8 Å². The lowest BCUT2D eigenvalue weighted by molar-refractivity contribution is -0.150. The summed E-state index contributed by atoms with van der Waals surface area (Å²) in [6.45, 7) is 28.8. The molecular formula is C84H117Cl2N5O15S. The molecule has 0 heterocycles. The van der Waals surface area contributed by atoms with Crippen LogP contribution in [0.3, 0.4) is 0 Å². The van der Waals surface area contributed by atoms with Gasteiger partial charge in [-0.3, -0.25) is 24.0 Å². The molecule has 6 atom stereocenters. The molecular weight excluding hydrogens is 1420 g/mol. The summed E-state index contributed by atoms with van der Waals surface area (Å²) in [4.78, 5) is 120. The molecule has 0 spiro atoms. The Kier molecular flexibility index (Phi) is 47.8. The Labute approximate surface area is 649 Å². The molecule has 0 radical (unpaired) electrons. The number of carbonyl (C=O) groups excluding carboxylic acids is 10. The Hall–Kier alpha value is -8.53. The minimum atomic E-state index is -0.678. The maximum atomic E-state index is 12.2. The first-order valence-corrected chi connectivity index (χ1v) is 38.9. The highest BCUT2D eigenvalue weighted by Crippen LogP contribution is 2.29. The number of halogens is 2. The SMILES string of the molecule is CC(C)=CCOC(=O)C(C)NC(=O)Cc1cccc(Cl)c1.CC(C)COC(=O)C(CC(C)C)NC(=O)Cc1ccccc1.CC(NC(=O)Cc1cccc(Cl)c1)C(=O)OCC1CC1.CCC(C)COC(=O)C(NC(=O)Cc1ccccc1)C(C)C.CSCCC(NC(=O)Cc1ccccc1)C(=O)OCC(C)C. The van der Waals surface area contributed by atoms with Gasteiger partial charge in [0.2, 0.25) is 29.5 Å². The molecule has 0 bridgehead atoms. The number of thioether (sulfide) groups is 1. The Morgan fingerprint density at radius 2 is 0.832 bits per heavy atom. The van der Waals surface area contributed by atoms with E-state index in [9.17, 15) is 47.9 Å². The molecule has 1 aliphatic carbocycles. The lowest BCUT2D eigenvalue weighted by Gasteiger charge is -2.21. The number of allylic oxidation sites excluding steroid dienone is 1. The number of esters is 5. The molecule has 6 unspecified atom stereocenters. The van der Waals surface area contributed by atoms with Gasteiger partial charge in [0, 0.05) is 10.0 Å². The summed E-state index contributed by atoms with van der Waals surface area (Å²) < 4.78 is 26.0. The van der Waals surface area contributed by atoms with Crippen LogP contribution in [0.2, 0.25) is 10.0 Å². The molecule has 23 heteroatoms. The van der Waals surface area contributed by atoms with Crippen LogP contribution in [0.15, 0.2) is 151 Å². The van der Waals surface area contributed by atoms with E-state index < -0.39 is 36.2 Å². The number of amides is 5. The number of benzene rings is 5. The van der Waals surface area contributed by atoms with Crippen molar-refractivity contribution in [2.75, 3.05) is 45.0 Å². The summed E-state index contributed by atoms with van der Waals surface area (Å²) in [6, 6.07) is 39.6. The van der Waals surface area contributed by atoms with Gasteiger partial charge >= 0.3 is 29.8 Å². The standard InChI is InChI=1S/2C18H27NO3.C17H25NO3S.C16H20ClNO3.C15H18ClNO3/c1-13(2)10-16(18(21)22-12-14(3)4)19-17(20)11-15-8-6-5-7-9-15;1-5-14(4)12-22-18(21)17(13(2)3)19-16(20)11-15-9-7-6-8-10-15;1-13(2)12-21-17(20)15(9-10-22-3)18-16(19)11-14-7-5-4-6-8-14;1-11(2)7-8-21-16(20)12(3)18-15(19)10-13-5-4-6-14(17)9-13;1-10(15(19)20-9-11-5-6-11)17-14(18)8-12-3-2-4-13(16)7-12/h5-9,13-14,16H,10-12H2,1-4H3,(H,19,20);6-10,13-14,17H,5,11-12H2,1-4H3,(H,19,20);4-8,13,15H,9-12H2,1-3H3,(H,18,19);4-7,9,12H,8,10H2,1-3H3,(H,18,19);2-4,7,10-11H,5-6,8-9H2,1H3,(H,17,18). The average molecular weight is 1540 g/mol. The van der Waals surface area contributed by atoms with Crippen molar-refractivity contribution in [2.24, 2.45) is 35.5 Å². The van der Waals surface area contributed by atoms with Gasteiger partial charge < -0.3 is 50.3 Å². The lowest BCUT2D eigenvalue weighted by Crippen LogP contribution is -2.46. The van der Waals surface area contributed by atoms with Gasteiger partial charge in [0.1, 0.15) is 36.8 Å². The minimum Gasteiger partial charge on any atom is -0.464 e. The zero-order valence-electron chi connectivity index (χ0n) is 65.3. The molecule has 5 aromatic carbocycles. The fourth-order valence-corrected chi connectivity index (χ4v) is 10.1. The summed E-state index contributed by atoms with van der Waals surface area (Å²) in [7, 11) is 0. The number of carbonyl (C=O) groups is 10. The molecule has 1 saturated carbocycles. The second kappa shape index (κ2) is 54.1. The molecule has 588 valence electrons. The molecule has 0 aromatic heterocycles. The van der Waals surface area contributed by atoms with Crippen LogP contribution in [-0.4, -0.2) is 135 Å². The van der Waals surface area contributed by atoms with Crippen molar-refractivity contribution in [1.82, 2.24) is 26.6 Å². The fraction of sp³-hybridized carbons (Fsp3) is 0.500. The van der Waals surface area contributed by atoms with E-state index in [0.717, 1.165) is 58.4 Å². The Bertz CT molecular complexity index is 3500. The van der Waals surface area contributed by atoms with Crippen molar-refractivity contribution < 1.29 is 71.6 Å². The van der Waals surface area contributed by atoms with Crippen LogP contribution < -0.4 is 26.6 Å². The second-order valence-corrected chi connectivity index (χ2v) is 30.2. The summed E-state index contributed by atoms with van der Waals surface area (Å²) in [5.74, 6) is -0.299. The molecule has 5 aromatic rings. The van der Waals surface area contributed by atoms with E-state index in [1.165, 1.54) is 0 Å². The molecule has 5 N–H and O–H groups in total. The highest BCUT2D eigenvalue weighted by molar-refractivity contribution is 7.98. The Morgan fingerprint density at radius 3 is 1.21 bits per heavy atom. The zero-order valence-corrected chi connectivity index (χ0v) is 67.6. The first-order valence-electron chi connectivity index (χ1n) is 36.8. The van der Waals surface area contributed by atoms with Gasteiger partial charge in [-0.1, -0.05) is 220 Å². The molecule has 0 aliphatic heterocycles. The molecule has 6 rings (SSSR count). The van der Waals surface area contributed by atoms with Crippen LogP contribution in [0.5, 0.6) is 0 Å². The van der Waals surface area contributed by atoms with E-state index in [2.05, 4.69) is 33.5 Å². The first-order chi connectivity index (χ1) is 50.8. The predicted molar refractivity (Wildman–Crippen MR) is 425 cm³/mol.